The van der Waals surface area contributed by atoms with Gasteiger partial charge in [0.25, 0.3) is 0 Å². The zero-order valence-corrected chi connectivity index (χ0v) is 13.7. The summed E-state index contributed by atoms with van der Waals surface area (Å²) in [7, 11) is 2.22. The van der Waals surface area contributed by atoms with E-state index in [4.69, 9.17) is 11.6 Å². The third-order valence-corrected chi connectivity index (χ3v) is 4.86. The summed E-state index contributed by atoms with van der Waals surface area (Å²) in [6, 6.07) is 8.64. The number of nitrogens with one attached hydrogen (secondary N) is 1. The first kappa shape index (κ1) is 15.8. The maximum absolute atomic E-state index is 6.10. The molecule has 1 aliphatic heterocycles. The lowest BCUT2D eigenvalue weighted by atomic mass is 9.80. The first-order chi connectivity index (χ1) is 9.52. The molecule has 0 radical (unpaired) electrons. The zero-order valence-electron chi connectivity index (χ0n) is 13.0. The molecule has 112 valence electrons. The molecule has 1 heterocycles. The van der Waals surface area contributed by atoms with E-state index in [0.29, 0.717) is 11.5 Å². The van der Waals surface area contributed by atoms with Gasteiger partial charge in [-0.25, -0.2) is 0 Å². The highest BCUT2D eigenvalue weighted by molar-refractivity contribution is 6.30. The molecule has 0 bridgehead atoms. The maximum atomic E-state index is 6.10. The van der Waals surface area contributed by atoms with Gasteiger partial charge in [0, 0.05) is 17.6 Å². The molecule has 1 atom stereocenters. The number of nitrogens with zero attached hydrogens (tertiary/aromatic N) is 1. The highest BCUT2D eigenvalue weighted by Crippen LogP contribution is 2.31. The summed E-state index contributed by atoms with van der Waals surface area (Å²) in [4.78, 5) is 2.43. The van der Waals surface area contributed by atoms with Gasteiger partial charge in [-0.3, -0.25) is 0 Å². The summed E-state index contributed by atoms with van der Waals surface area (Å²) < 4.78 is 0. The van der Waals surface area contributed by atoms with E-state index < -0.39 is 0 Å². The molecule has 1 aliphatic rings. The van der Waals surface area contributed by atoms with Gasteiger partial charge in [0.15, 0.2) is 0 Å². The fourth-order valence-corrected chi connectivity index (χ4v) is 3.12. The maximum Gasteiger partial charge on any atom is 0.0409 e. The van der Waals surface area contributed by atoms with Crippen molar-refractivity contribution in [2.45, 2.75) is 39.2 Å². The summed E-state index contributed by atoms with van der Waals surface area (Å²) in [6.45, 7) is 8.16. The molecule has 0 aromatic heterocycles. The predicted octanol–water partition coefficient (Wildman–Crippen LogP) is 4.11. The number of benzene rings is 1. The third-order valence-electron chi connectivity index (χ3n) is 4.63. The Morgan fingerprint density at radius 2 is 2.05 bits per heavy atom. The first-order valence-corrected chi connectivity index (χ1v) is 8.07. The van der Waals surface area contributed by atoms with Crippen molar-refractivity contribution in [2.24, 2.45) is 5.41 Å². The van der Waals surface area contributed by atoms with Gasteiger partial charge < -0.3 is 10.2 Å². The van der Waals surface area contributed by atoms with E-state index in [9.17, 15) is 0 Å². The van der Waals surface area contributed by atoms with E-state index in [-0.39, 0.29) is 0 Å². The number of halogens is 1. The molecule has 2 rings (SSSR count). The smallest absolute Gasteiger partial charge is 0.0409 e. The Morgan fingerprint density at radius 3 is 2.65 bits per heavy atom. The van der Waals surface area contributed by atoms with Crippen LogP contribution in [0.25, 0.3) is 0 Å². The van der Waals surface area contributed by atoms with Crippen molar-refractivity contribution in [1.29, 1.82) is 0 Å². The summed E-state index contributed by atoms with van der Waals surface area (Å²) in [5, 5.41) is 4.59. The Hall–Kier alpha value is -0.570. The molecular formula is C17H27ClN2. The van der Waals surface area contributed by atoms with Gasteiger partial charge in [-0.05, 0) is 62.5 Å². The van der Waals surface area contributed by atoms with Crippen LogP contribution in [-0.4, -0.2) is 31.6 Å². The van der Waals surface area contributed by atoms with Crippen LogP contribution in [0.3, 0.4) is 0 Å². The van der Waals surface area contributed by atoms with E-state index in [2.05, 4.69) is 43.2 Å². The average molecular weight is 295 g/mol. The van der Waals surface area contributed by atoms with Crippen molar-refractivity contribution in [3.8, 4) is 0 Å². The third kappa shape index (κ3) is 4.21. The molecule has 1 N–H and O–H groups in total. The molecule has 1 aromatic carbocycles. The second kappa shape index (κ2) is 6.93. The van der Waals surface area contributed by atoms with Gasteiger partial charge in [-0.15, -0.1) is 0 Å². The van der Waals surface area contributed by atoms with E-state index in [1.807, 2.05) is 12.1 Å². The van der Waals surface area contributed by atoms with Crippen LogP contribution < -0.4 is 5.32 Å². The molecular weight excluding hydrogens is 268 g/mol. The largest absolute Gasteiger partial charge is 0.309 e. The number of hydrogen-bond acceptors (Lipinski definition) is 2. The lowest BCUT2D eigenvalue weighted by Gasteiger charge is -2.39. The predicted molar refractivity (Wildman–Crippen MR) is 87.3 cm³/mol. The summed E-state index contributed by atoms with van der Waals surface area (Å²) in [5.41, 5.74) is 1.73. The van der Waals surface area contributed by atoms with Crippen LogP contribution in [0.1, 0.15) is 44.7 Å². The quantitative estimate of drug-likeness (QED) is 0.879. The summed E-state index contributed by atoms with van der Waals surface area (Å²) in [5.74, 6) is 0. The average Bonchev–Trinajstić information content (AvgIpc) is 2.43. The number of likely N-dealkylation sites (tertiary alicyclic amines) is 1. The normalized spacial score (nSPS) is 20.8. The van der Waals surface area contributed by atoms with Crippen molar-refractivity contribution >= 4 is 11.6 Å². The van der Waals surface area contributed by atoms with Gasteiger partial charge >= 0.3 is 0 Å². The van der Waals surface area contributed by atoms with Crippen molar-refractivity contribution in [1.82, 2.24) is 10.2 Å². The van der Waals surface area contributed by atoms with E-state index in [0.717, 1.165) is 18.0 Å². The molecule has 20 heavy (non-hydrogen) atoms. The number of rotatable bonds is 5. The topological polar surface area (TPSA) is 15.3 Å². The van der Waals surface area contributed by atoms with Crippen LogP contribution in [0.4, 0.5) is 0 Å². The van der Waals surface area contributed by atoms with Crippen LogP contribution in [0.15, 0.2) is 24.3 Å². The van der Waals surface area contributed by atoms with E-state index >= 15 is 0 Å². The van der Waals surface area contributed by atoms with Crippen molar-refractivity contribution in [3.05, 3.63) is 34.9 Å². The Morgan fingerprint density at radius 1 is 1.35 bits per heavy atom. The van der Waals surface area contributed by atoms with Gasteiger partial charge in [-0.1, -0.05) is 37.6 Å². The Labute approximate surface area is 128 Å². The molecule has 0 spiro atoms. The fourth-order valence-electron chi connectivity index (χ4n) is 2.93. The van der Waals surface area contributed by atoms with Gasteiger partial charge in [0.05, 0.1) is 0 Å². The lowest BCUT2D eigenvalue weighted by Crippen LogP contribution is -2.42. The van der Waals surface area contributed by atoms with E-state index in [1.54, 1.807) is 0 Å². The second-order valence-corrected chi connectivity index (χ2v) is 6.95. The zero-order chi connectivity index (χ0) is 14.6. The molecule has 0 saturated carbocycles. The highest BCUT2D eigenvalue weighted by atomic mass is 35.5. The standard InChI is InChI=1S/C17H27ClN2/c1-4-16(14-6-5-7-15(18)12-14)19-13-17(2)8-10-20(3)11-9-17/h5-7,12,16,19H,4,8-11,13H2,1-3H3. The van der Waals surface area contributed by atoms with Crippen LogP contribution in [0.2, 0.25) is 5.02 Å². The summed E-state index contributed by atoms with van der Waals surface area (Å²) >= 11 is 6.10. The Balaban J connectivity index is 1.94. The van der Waals surface area contributed by atoms with Gasteiger partial charge in [0.1, 0.15) is 0 Å². The Bertz CT molecular complexity index is 425. The molecule has 1 saturated heterocycles. The first-order valence-electron chi connectivity index (χ1n) is 7.70. The van der Waals surface area contributed by atoms with Crippen LogP contribution in [0.5, 0.6) is 0 Å². The Kier molecular flexibility index (Phi) is 5.48. The second-order valence-electron chi connectivity index (χ2n) is 6.51. The van der Waals surface area contributed by atoms with Crippen molar-refractivity contribution < 1.29 is 0 Å². The van der Waals surface area contributed by atoms with Crippen molar-refractivity contribution in [3.63, 3.8) is 0 Å². The summed E-state index contributed by atoms with van der Waals surface area (Å²) in [6.07, 6.45) is 3.65. The number of piperidine rings is 1. The lowest BCUT2D eigenvalue weighted by molar-refractivity contribution is 0.133. The molecule has 3 heteroatoms. The molecule has 0 aliphatic carbocycles. The SMILES string of the molecule is CCC(NCC1(C)CCN(C)CC1)c1cccc(Cl)c1. The molecule has 2 nitrogen and oxygen atoms in total. The molecule has 1 aromatic rings. The highest BCUT2D eigenvalue weighted by Gasteiger charge is 2.29. The van der Waals surface area contributed by atoms with Gasteiger partial charge in [0.2, 0.25) is 0 Å². The van der Waals surface area contributed by atoms with E-state index in [1.165, 1.54) is 31.5 Å². The minimum Gasteiger partial charge on any atom is -0.309 e. The number of hydrogen-bond donors (Lipinski definition) is 1. The molecule has 1 fully saturated rings. The van der Waals surface area contributed by atoms with Crippen molar-refractivity contribution in [2.75, 3.05) is 26.7 Å². The van der Waals surface area contributed by atoms with Crippen LogP contribution >= 0.6 is 11.6 Å². The van der Waals surface area contributed by atoms with Gasteiger partial charge in [-0.2, -0.15) is 0 Å². The minimum absolute atomic E-state index is 0.408. The molecule has 1 unspecified atom stereocenters. The fraction of sp³-hybridized carbons (Fsp3) is 0.647. The van der Waals surface area contributed by atoms with Crippen LogP contribution in [0, 0.1) is 5.41 Å². The monoisotopic (exact) mass is 294 g/mol. The minimum atomic E-state index is 0.408. The molecule has 0 amide bonds. The van der Waals surface area contributed by atoms with Crippen LogP contribution in [-0.2, 0) is 0 Å².